The fourth-order valence-corrected chi connectivity index (χ4v) is 3.20. The molecule has 1 aromatic carbocycles. The number of aromatic nitrogens is 5. The quantitative estimate of drug-likeness (QED) is 0.500. The molecule has 9 heteroatoms. The Balaban J connectivity index is 1.44. The van der Waals surface area contributed by atoms with Crippen molar-refractivity contribution in [1.29, 1.82) is 0 Å². The summed E-state index contributed by atoms with van der Waals surface area (Å²) in [5.41, 5.74) is 1.96. The van der Waals surface area contributed by atoms with E-state index in [0.717, 1.165) is 0 Å². The molecule has 2 N–H and O–H groups in total. The predicted octanol–water partition coefficient (Wildman–Crippen LogP) is 3.81. The molecule has 1 aliphatic rings. The van der Waals surface area contributed by atoms with Crippen molar-refractivity contribution >= 4 is 17.4 Å². The summed E-state index contributed by atoms with van der Waals surface area (Å²) in [6.07, 6.45) is 8.02. The second kappa shape index (κ2) is 6.88. The molecular weight excluding hydrogens is 387 g/mol. The maximum Gasteiger partial charge on any atom is 0.267 e. The van der Waals surface area contributed by atoms with Crippen LogP contribution in [-0.2, 0) is 5.41 Å². The smallest absolute Gasteiger partial charge is 0.267 e. The Labute approximate surface area is 171 Å². The van der Waals surface area contributed by atoms with Gasteiger partial charge in [-0.25, -0.2) is 14.4 Å². The molecule has 154 valence electrons. The van der Waals surface area contributed by atoms with E-state index in [1.165, 1.54) is 24.5 Å². The van der Waals surface area contributed by atoms with Gasteiger partial charge < -0.3 is 14.9 Å². The monoisotopic (exact) mass is 408 g/mol. The number of halogens is 1. The van der Waals surface area contributed by atoms with Crippen molar-refractivity contribution in [1.82, 2.24) is 24.5 Å². The van der Waals surface area contributed by atoms with E-state index in [0.29, 0.717) is 34.5 Å². The van der Waals surface area contributed by atoms with Crippen LogP contribution in [0.4, 0.5) is 16.0 Å². The molecule has 5 rings (SSSR count). The van der Waals surface area contributed by atoms with Gasteiger partial charge in [0.2, 0.25) is 11.7 Å². The minimum Gasteiger partial charge on any atom is -0.395 e. The average Bonchev–Trinajstić information content (AvgIpc) is 3.33. The minimum atomic E-state index is -0.649. The molecule has 0 bridgehead atoms. The first kappa shape index (κ1) is 18.7. The Hall–Kier alpha value is -3.33. The van der Waals surface area contributed by atoms with Gasteiger partial charge in [-0.2, -0.15) is 4.98 Å². The van der Waals surface area contributed by atoms with E-state index < -0.39 is 5.41 Å². The highest BCUT2D eigenvalue weighted by Crippen LogP contribution is 2.39. The van der Waals surface area contributed by atoms with Crippen LogP contribution in [0.15, 0.2) is 41.3 Å². The van der Waals surface area contributed by atoms with Crippen molar-refractivity contribution < 1.29 is 14.0 Å². The van der Waals surface area contributed by atoms with Gasteiger partial charge in [0.15, 0.2) is 0 Å². The Morgan fingerprint density at radius 3 is 2.87 bits per heavy atom. The third-order valence-electron chi connectivity index (χ3n) is 5.28. The van der Waals surface area contributed by atoms with E-state index in [1.807, 2.05) is 16.8 Å². The van der Waals surface area contributed by atoms with Gasteiger partial charge in [-0.05, 0) is 61.5 Å². The van der Waals surface area contributed by atoms with Crippen molar-refractivity contribution in [2.24, 2.45) is 0 Å². The van der Waals surface area contributed by atoms with E-state index in [2.05, 4.69) is 25.4 Å². The van der Waals surface area contributed by atoms with Gasteiger partial charge >= 0.3 is 0 Å². The highest BCUT2D eigenvalue weighted by Gasteiger charge is 2.27. The lowest BCUT2D eigenvalue weighted by Crippen LogP contribution is -2.22. The lowest BCUT2D eigenvalue weighted by molar-refractivity contribution is 0.182. The number of rotatable bonds is 6. The fourth-order valence-electron chi connectivity index (χ4n) is 3.20. The molecule has 0 spiro atoms. The molecule has 0 radical (unpaired) electrons. The first-order valence-corrected chi connectivity index (χ1v) is 9.79. The van der Waals surface area contributed by atoms with Crippen molar-refractivity contribution in [3.05, 3.63) is 54.1 Å². The fraction of sp³-hybridized carbons (Fsp3) is 0.333. The molecule has 1 fully saturated rings. The van der Waals surface area contributed by atoms with Crippen LogP contribution in [0.1, 0.15) is 44.1 Å². The number of hydrogen-bond acceptors (Lipinski definition) is 7. The zero-order chi connectivity index (χ0) is 20.9. The molecule has 0 atom stereocenters. The highest BCUT2D eigenvalue weighted by atomic mass is 19.1. The standard InChI is InChI=1S/C21H21FN6O2/c1-21(2,11-29)18-26-19(27-30-18)24-14-5-6-16(22)15(7-14)17-10-28-9-13(12-3-4-12)8-23-20(28)25-17/h5-10,12,29H,3-4,11H2,1-2H3,(H,24,27). The first-order chi connectivity index (χ1) is 14.4. The molecule has 0 saturated heterocycles. The zero-order valence-corrected chi connectivity index (χ0v) is 16.6. The van der Waals surface area contributed by atoms with Gasteiger partial charge in [0, 0.05) is 29.8 Å². The Bertz CT molecular complexity index is 1230. The molecule has 0 unspecified atom stereocenters. The lowest BCUT2D eigenvalue weighted by atomic mass is 9.95. The number of imidazole rings is 1. The number of benzene rings is 1. The summed E-state index contributed by atoms with van der Waals surface area (Å²) in [7, 11) is 0. The van der Waals surface area contributed by atoms with Gasteiger partial charge in [0.05, 0.1) is 17.7 Å². The summed E-state index contributed by atoms with van der Waals surface area (Å²) in [5.74, 6) is 1.26. The maximum atomic E-state index is 14.6. The molecule has 0 amide bonds. The van der Waals surface area contributed by atoms with Gasteiger partial charge in [-0.3, -0.25) is 4.40 Å². The summed E-state index contributed by atoms with van der Waals surface area (Å²) in [6.45, 7) is 3.47. The summed E-state index contributed by atoms with van der Waals surface area (Å²) >= 11 is 0. The topological polar surface area (TPSA) is 101 Å². The number of aliphatic hydroxyl groups is 1. The lowest BCUT2D eigenvalue weighted by Gasteiger charge is -2.14. The van der Waals surface area contributed by atoms with Crippen LogP contribution in [0.2, 0.25) is 0 Å². The summed E-state index contributed by atoms with van der Waals surface area (Å²) < 4.78 is 21.6. The van der Waals surface area contributed by atoms with Crippen molar-refractivity contribution in [3.8, 4) is 11.3 Å². The summed E-state index contributed by atoms with van der Waals surface area (Å²) in [6, 6.07) is 4.60. The maximum absolute atomic E-state index is 14.6. The molecule has 4 aromatic rings. The van der Waals surface area contributed by atoms with Crippen LogP contribution in [0, 0.1) is 5.82 Å². The SMILES string of the molecule is CC(C)(CO)c1nc(Nc2ccc(F)c(-c3cn4cc(C5CC5)cnc4n3)c2)no1. The molecule has 3 heterocycles. The second-order valence-corrected chi connectivity index (χ2v) is 8.28. The number of aliphatic hydroxyl groups excluding tert-OH is 1. The minimum absolute atomic E-state index is 0.125. The Morgan fingerprint density at radius 1 is 1.27 bits per heavy atom. The van der Waals surface area contributed by atoms with E-state index in [-0.39, 0.29) is 18.4 Å². The molecule has 3 aromatic heterocycles. The Morgan fingerprint density at radius 2 is 2.10 bits per heavy atom. The van der Waals surface area contributed by atoms with E-state index >= 15 is 0 Å². The number of hydrogen-bond donors (Lipinski definition) is 2. The molecule has 1 aliphatic carbocycles. The van der Waals surface area contributed by atoms with Gasteiger partial charge in [-0.15, -0.1) is 0 Å². The number of fused-ring (bicyclic) bond motifs is 1. The number of nitrogens with one attached hydrogen (secondary N) is 1. The normalized spacial score (nSPS) is 14.4. The average molecular weight is 408 g/mol. The molecular formula is C21H21FN6O2. The molecule has 8 nitrogen and oxygen atoms in total. The van der Waals surface area contributed by atoms with E-state index in [1.54, 1.807) is 32.2 Å². The van der Waals surface area contributed by atoms with Crippen molar-refractivity contribution in [2.45, 2.75) is 38.0 Å². The van der Waals surface area contributed by atoms with Crippen molar-refractivity contribution in [3.63, 3.8) is 0 Å². The predicted molar refractivity (Wildman–Crippen MR) is 108 cm³/mol. The highest BCUT2D eigenvalue weighted by molar-refractivity contribution is 5.69. The molecule has 0 aliphatic heterocycles. The Kier molecular flexibility index (Phi) is 4.28. The number of nitrogens with zero attached hydrogens (tertiary/aromatic N) is 5. The summed E-state index contributed by atoms with van der Waals surface area (Å²) in [5, 5.41) is 16.3. The van der Waals surface area contributed by atoms with Crippen LogP contribution in [0.25, 0.3) is 17.0 Å². The van der Waals surface area contributed by atoms with Crippen molar-refractivity contribution in [2.75, 3.05) is 11.9 Å². The largest absolute Gasteiger partial charge is 0.395 e. The third-order valence-corrected chi connectivity index (χ3v) is 5.28. The van der Waals surface area contributed by atoms with Crippen LogP contribution in [0.3, 0.4) is 0 Å². The van der Waals surface area contributed by atoms with Crippen LogP contribution in [-0.4, -0.2) is 36.2 Å². The molecule has 30 heavy (non-hydrogen) atoms. The number of anilines is 2. The first-order valence-electron chi connectivity index (χ1n) is 9.79. The third kappa shape index (κ3) is 3.41. The van der Waals surface area contributed by atoms with Gasteiger partial charge in [-0.1, -0.05) is 0 Å². The molecule has 1 saturated carbocycles. The summed E-state index contributed by atoms with van der Waals surface area (Å²) in [4.78, 5) is 13.1. The van der Waals surface area contributed by atoms with Crippen LogP contribution < -0.4 is 5.32 Å². The van der Waals surface area contributed by atoms with E-state index in [4.69, 9.17) is 4.52 Å². The zero-order valence-electron chi connectivity index (χ0n) is 16.6. The van der Waals surface area contributed by atoms with E-state index in [9.17, 15) is 9.50 Å². The van der Waals surface area contributed by atoms with Gasteiger partial charge in [0.1, 0.15) is 5.82 Å². The van der Waals surface area contributed by atoms with Crippen LogP contribution >= 0.6 is 0 Å². The van der Waals surface area contributed by atoms with Gasteiger partial charge in [0.25, 0.3) is 5.95 Å². The second-order valence-electron chi connectivity index (χ2n) is 8.28. The van der Waals surface area contributed by atoms with Crippen LogP contribution in [0.5, 0.6) is 0 Å².